The van der Waals surface area contributed by atoms with Crippen molar-refractivity contribution in [2.75, 3.05) is 14.2 Å². The number of rotatable bonds is 6. The zero-order valence-corrected chi connectivity index (χ0v) is 10.9. The van der Waals surface area contributed by atoms with Crippen LogP contribution in [0.2, 0.25) is 0 Å². The number of carboxylic acid groups (broad SMARTS) is 1. The van der Waals surface area contributed by atoms with Gasteiger partial charge in [0, 0.05) is 11.6 Å². The number of carboxylic acids is 1. The van der Waals surface area contributed by atoms with Gasteiger partial charge < -0.3 is 20.3 Å². The first kappa shape index (κ1) is 14.3. The quantitative estimate of drug-likeness (QED) is 0.807. The molecule has 1 aromatic rings. The van der Waals surface area contributed by atoms with Crippen LogP contribution in [0, 0.1) is 0 Å². The second-order valence-corrected chi connectivity index (χ2v) is 3.96. The number of aryl methyl sites for hydroxylation is 1. The van der Waals surface area contributed by atoms with Crippen molar-refractivity contribution in [3.63, 3.8) is 0 Å². The van der Waals surface area contributed by atoms with E-state index in [1.807, 2.05) is 13.0 Å². The molecule has 5 heteroatoms. The van der Waals surface area contributed by atoms with Crippen LogP contribution in [0.25, 0.3) is 0 Å². The first-order valence-electron chi connectivity index (χ1n) is 5.75. The van der Waals surface area contributed by atoms with E-state index in [0.717, 1.165) is 12.0 Å². The Morgan fingerprint density at radius 3 is 2.39 bits per heavy atom. The van der Waals surface area contributed by atoms with Gasteiger partial charge in [0.2, 0.25) is 0 Å². The molecule has 0 fully saturated rings. The molecular weight excluding hydrogens is 234 g/mol. The smallest absolute Gasteiger partial charge is 0.305 e. The third-order valence-electron chi connectivity index (χ3n) is 2.81. The average Bonchev–Trinajstić information content (AvgIpc) is 2.36. The van der Waals surface area contributed by atoms with Crippen molar-refractivity contribution in [2.24, 2.45) is 5.73 Å². The molecule has 1 rings (SSSR count). The van der Waals surface area contributed by atoms with Gasteiger partial charge in [0.1, 0.15) is 11.5 Å². The minimum absolute atomic E-state index is 0.148. The summed E-state index contributed by atoms with van der Waals surface area (Å²) in [7, 11) is 3.12. The van der Waals surface area contributed by atoms with Gasteiger partial charge in [-0.2, -0.15) is 0 Å². The Hall–Kier alpha value is -1.75. The summed E-state index contributed by atoms with van der Waals surface area (Å²) in [5.74, 6) is 0.360. The van der Waals surface area contributed by atoms with Gasteiger partial charge in [-0.1, -0.05) is 6.92 Å². The first-order valence-corrected chi connectivity index (χ1v) is 5.75. The lowest BCUT2D eigenvalue weighted by atomic mass is 9.99. The fraction of sp³-hybridized carbons (Fsp3) is 0.462. The van der Waals surface area contributed by atoms with Gasteiger partial charge in [-0.3, -0.25) is 4.79 Å². The number of hydrogen-bond acceptors (Lipinski definition) is 4. The first-order chi connectivity index (χ1) is 8.53. The molecule has 5 nitrogen and oxygen atoms in total. The number of hydrogen-bond donors (Lipinski definition) is 2. The highest BCUT2D eigenvalue weighted by molar-refractivity contribution is 5.68. The van der Waals surface area contributed by atoms with Crippen LogP contribution in [0.1, 0.15) is 30.5 Å². The van der Waals surface area contributed by atoms with Crippen molar-refractivity contribution in [2.45, 2.75) is 25.8 Å². The highest BCUT2D eigenvalue weighted by atomic mass is 16.5. The largest absolute Gasteiger partial charge is 0.496 e. The lowest BCUT2D eigenvalue weighted by Gasteiger charge is -2.17. The fourth-order valence-electron chi connectivity index (χ4n) is 1.85. The van der Waals surface area contributed by atoms with E-state index in [1.165, 1.54) is 7.11 Å². The number of ether oxygens (including phenoxy) is 2. The molecule has 0 aliphatic carbocycles. The number of aliphatic carboxylic acids is 1. The Balaban J connectivity index is 3.20. The van der Waals surface area contributed by atoms with E-state index in [2.05, 4.69) is 0 Å². The van der Waals surface area contributed by atoms with Crippen LogP contribution in [-0.4, -0.2) is 25.3 Å². The van der Waals surface area contributed by atoms with Crippen molar-refractivity contribution in [1.29, 1.82) is 0 Å². The summed E-state index contributed by atoms with van der Waals surface area (Å²) in [4.78, 5) is 10.7. The highest BCUT2D eigenvalue weighted by Gasteiger charge is 2.18. The Labute approximate surface area is 107 Å². The molecule has 18 heavy (non-hydrogen) atoms. The van der Waals surface area contributed by atoms with Gasteiger partial charge in [-0.05, 0) is 24.1 Å². The summed E-state index contributed by atoms with van der Waals surface area (Å²) in [6.45, 7) is 2.01. The van der Waals surface area contributed by atoms with Crippen molar-refractivity contribution in [3.8, 4) is 11.5 Å². The lowest BCUT2D eigenvalue weighted by Crippen LogP contribution is -2.16. The van der Waals surface area contributed by atoms with E-state index in [0.29, 0.717) is 17.1 Å². The second-order valence-electron chi connectivity index (χ2n) is 3.96. The summed E-state index contributed by atoms with van der Waals surface area (Å²) in [6, 6.07) is 2.98. The molecule has 0 amide bonds. The van der Waals surface area contributed by atoms with Gasteiger partial charge in [-0.25, -0.2) is 0 Å². The Morgan fingerprint density at radius 2 is 1.94 bits per heavy atom. The highest BCUT2D eigenvalue weighted by Crippen LogP contribution is 2.33. The molecule has 1 atom stereocenters. The monoisotopic (exact) mass is 253 g/mol. The fourth-order valence-corrected chi connectivity index (χ4v) is 1.85. The maximum Gasteiger partial charge on any atom is 0.305 e. The summed E-state index contributed by atoms with van der Waals surface area (Å²) in [5, 5.41) is 8.78. The molecule has 0 aliphatic heterocycles. The minimum atomic E-state index is -0.942. The molecule has 100 valence electrons. The predicted molar refractivity (Wildman–Crippen MR) is 68.1 cm³/mol. The molecule has 0 saturated heterocycles. The van der Waals surface area contributed by atoms with E-state index in [-0.39, 0.29) is 6.42 Å². The van der Waals surface area contributed by atoms with Crippen molar-refractivity contribution < 1.29 is 19.4 Å². The maximum absolute atomic E-state index is 10.7. The van der Waals surface area contributed by atoms with E-state index in [9.17, 15) is 4.79 Å². The van der Waals surface area contributed by atoms with E-state index in [4.69, 9.17) is 20.3 Å². The van der Waals surface area contributed by atoms with E-state index >= 15 is 0 Å². The van der Waals surface area contributed by atoms with Crippen molar-refractivity contribution >= 4 is 5.97 Å². The number of nitrogens with two attached hydrogens (primary N) is 1. The normalized spacial score (nSPS) is 12.0. The van der Waals surface area contributed by atoms with Gasteiger partial charge in [0.25, 0.3) is 0 Å². The molecule has 0 heterocycles. The van der Waals surface area contributed by atoms with Crippen LogP contribution in [0.5, 0.6) is 11.5 Å². The topological polar surface area (TPSA) is 81.8 Å². The predicted octanol–water partition coefficient (Wildman–Crippen LogP) is 1.74. The molecule has 0 aromatic heterocycles. The number of benzene rings is 1. The van der Waals surface area contributed by atoms with Crippen LogP contribution in [0.15, 0.2) is 12.1 Å². The molecule has 0 saturated carbocycles. The average molecular weight is 253 g/mol. The molecule has 0 aliphatic rings. The molecule has 0 spiro atoms. The van der Waals surface area contributed by atoms with Gasteiger partial charge in [0.05, 0.1) is 20.6 Å². The van der Waals surface area contributed by atoms with Gasteiger partial charge in [0.15, 0.2) is 0 Å². The van der Waals surface area contributed by atoms with E-state index < -0.39 is 12.0 Å². The lowest BCUT2D eigenvalue weighted by molar-refractivity contribution is -0.137. The van der Waals surface area contributed by atoms with Crippen LogP contribution >= 0.6 is 0 Å². The van der Waals surface area contributed by atoms with Crippen LogP contribution in [0.3, 0.4) is 0 Å². The Morgan fingerprint density at radius 1 is 1.33 bits per heavy atom. The van der Waals surface area contributed by atoms with Crippen LogP contribution in [-0.2, 0) is 11.2 Å². The third-order valence-corrected chi connectivity index (χ3v) is 2.81. The van der Waals surface area contributed by atoms with Crippen molar-refractivity contribution in [3.05, 3.63) is 23.3 Å². The summed E-state index contributed by atoms with van der Waals surface area (Å²) in [5.41, 5.74) is 7.52. The maximum atomic E-state index is 10.7. The molecular formula is C13H19NO4. The number of methoxy groups -OCH3 is 2. The Kier molecular flexibility index (Phi) is 4.97. The summed E-state index contributed by atoms with van der Waals surface area (Å²) in [6.07, 6.45) is 0.652. The summed E-state index contributed by atoms with van der Waals surface area (Å²) < 4.78 is 10.5. The minimum Gasteiger partial charge on any atom is -0.496 e. The van der Waals surface area contributed by atoms with E-state index in [1.54, 1.807) is 13.2 Å². The SMILES string of the molecule is CCc1cc(OC)c(C(N)CC(=O)O)cc1OC. The summed E-state index contributed by atoms with van der Waals surface area (Å²) >= 11 is 0. The molecule has 1 aromatic carbocycles. The van der Waals surface area contributed by atoms with Gasteiger partial charge in [-0.15, -0.1) is 0 Å². The van der Waals surface area contributed by atoms with Gasteiger partial charge >= 0.3 is 5.97 Å². The standard InChI is InChI=1S/C13H19NO4/c1-4-8-5-12(18-3)9(6-11(8)17-2)10(14)7-13(15)16/h5-6,10H,4,7,14H2,1-3H3,(H,15,16). The second kappa shape index (κ2) is 6.26. The van der Waals surface area contributed by atoms with Crippen LogP contribution in [0.4, 0.5) is 0 Å². The molecule has 0 bridgehead atoms. The van der Waals surface area contributed by atoms with Crippen LogP contribution < -0.4 is 15.2 Å². The van der Waals surface area contributed by atoms with Crippen molar-refractivity contribution in [1.82, 2.24) is 0 Å². The Bertz CT molecular complexity index is 431. The zero-order valence-electron chi connectivity index (χ0n) is 10.9. The molecule has 0 radical (unpaired) electrons. The number of carbonyl (C=O) groups is 1. The molecule has 1 unspecified atom stereocenters. The molecule has 3 N–H and O–H groups in total. The zero-order chi connectivity index (χ0) is 13.7. The third kappa shape index (κ3) is 3.13.